The first kappa shape index (κ1) is 23.3. The second-order valence-corrected chi connectivity index (χ2v) is 8.33. The Kier molecular flexibility index (Phi) is 6.54. The summed E-state index contributed by atoms with van der Waals surface area (Å²) in [4.78, 5) is 26.2. The van der Waals surface area contributed by atoms with Crippen LogP contribution in [0, 0.1) is 0 Å². The van der Waals surface area contributed by atoms with E-state index < -0.39 is 6.36 Å². The molecule has 0 radical (unpaired) electrons. The molecule has 178 valence electrons. The largest absolute Gasteiger partial charge is 0.461 e. The minimum Gasteiger partial charge on any atom is -0.461 e. The molecule has 0 saturated carbocycles. The second kappa shape index (κ2) is 9.54. The van der Waals surface area contributed by atoms with Gasteiger partial charge in [0.05, 0.1) is 22.9 Å². The lowest BCUT2D eigenvalue weighted by Gasteiger charge is -2.09. The van der Waals surface area contributed by atoms with E-state index in [0.717, 1.165) is 12.1 Å². The van der Waals surface area contributed by atoms with Crippen molar-refractivity contribution in [3.05, 3.63) is 76.5 Å². The molecule has 1 amide bonds. The first-order chi connectivity index (χ1) is 16.3. The van der Waals surface area contributed by atoms with Gasteiger partial charge in [-0.1, -0.05) is 6.07 Å². The molecule has 2 aromatic carbocycles. The van der Waals surface area contributed by atoms with Gasteiger partial charge in [0, 0.05) is 49.4 Å². The maximum absolute atomic E-state index is 13.4. The summed E-state index contributed by atoms with van der Waals surface area (Å²) in [5.41, 5.74) is 2.94. The molecule has 34 heavy (non-hydrogen) atoms. The molecular formula is C25H28FN5O3. The standard InChI is InChI=1S/C25H28FN5O3/c1-5-29-15-18(14-28-29)13-27-24(32)19-9-10-22-23(11-19)30(16(2)3)25(33)31(22)20-7-6-8-21(12-20)34-17(4)26/h6-12,14-17H,5,13H2,1-4H3,(H,27,32). The molecule has 0 saturated heterocycles. The number of aryl methyl sites for hydroxylation is 1. The summed E-state index contributed by atoms with van der Waals surface area (Å²) >= 11 is 0. The van der Waals surface area contributed by atoms with Crippen LogP contribution in [0.2, 0.25) is 0 Å². The van der Waals surface area contributed by atoms with E-state index in [4.69, 9.17) is 4.74 Å². The van der Waals surface area contributed by atoms with Gasteiger partial charge in [-0.25, -0.2) is 9.18 Å². The summed E-state index contributed by atoms with van der Waals surface area (Å²) < 4.78 is 23.5. The third kappa shape index (κ3) is 4.59. The Bertz CT molecular complexity index is 1380. The number of alkyl halides is 1. The first-order valence-corrected chi connectivity index (χ1v) is 11.3. The van der Waals surface area contributed by atoms with Crippen LogP contribution in [0.4, 0.5) is 4.39 Å². The van der Waals surface area contributed by atoms with E-state index >= 15 is 0 Å². The highest BCUT2D eigenvalue weighted by Crippen LogP contribution is 2.24. The Labute approximate surface area is 196 Å². The Balaban J connectivity index is 1.71. The zero-order valence-electron chi connectivity index (χ0n) is 19.7. The number of ether oxygens (including phenoxy) is 1. The number of nitrogens with one attached hydrogen (secondary N) is 1. The number of imidazole rings is 1. The highest BCUT2D eigenvalue weighted by Gasteiger charge is 2.19. The second-order valence-electron chi connectivity index (χ2n) is 8.33. The van der Waals surface area contributed by atoms with Crippen LogP contribution in [0.15, 0.2) is 59.7 Å². The molecule has 9 heteroatoms. The molecular weight excluding hydrogens is 437 g/mol. The SMILES string of the molecule is CCn1cc(CNC(=O)c2ccc3c(c2)n(C(C)C)c(=O)n3-c2cccc(OC(C)F)c2)cn1. The molecule has 2 aromatic heterocycles. The van der Waals surface area contributed by atoms with E-state index in [1.165, 1.54) is 6.92 Å². The van der Waals surface area contributed by atoms with Crippen molar-refractivity contribution in [2.75, 3.05) is 0 Å². The zero-order valence-corrected chi connectivity index (χ0v) is 19.7. The average molecular weight is 466 g/mol. The predicted octanol–water partition coefficient (Wildman–Crippen LogP) is 4.21. The lowest BCUT2D eigenvalue weighted by Crippen LogP contribution is -2.24. The topological polar surface area (TPSA) is 83.1 Å². The van der Waals surface area contributed by atoms with Gasteiger partial charge < -0.3 is 10.1 Å². The van der Waals surface area contributed by atoms with Gasteiger partial charge in [-0.2, -0.15) is 5.10 Å². The number of carbonyl (C=O) groups is 1. The number of nitrogens with zero attached hydrogens (tertiary/aromatic N) is 4. The molecule has 0 bridgehead atoms. The van der Waals surface area contributed by atoms with Gasteiger partial charge in [-0.3, -0.25) is 18.6 Å². The van der Waals surface area contributed by atoms with Crippen molar-refractivity contribution in [2.24, 2.45) is 0 Å². The van der Waals surface area contributed by atoms with Crippen molar-refractivity contribution >= 4 is 16.9 Å². The molecule has 1 atom stereocenters. The molecule has 1 unspecified atom stereocenters. The van der Waals surface area contributed by atoms with Crippen molar-refractivity contribution in [3.63, 3.8) is 0 Å². The van der Waals surface area contributed by atoms with E-state index in [0.29, 0.717) is 34.6 Å². The number of hydrogen-bond donors (Lipinski definition) is 1. The highest BCUT2D eigenvalue weighted by atomic mass is 19.1. The van der Waals surface area contributed by atoms with Crippen LogP contribution >= 0.6 is 0 Å². The highest BCUT2D eigenvalue weighted by molar-refractivity contribution is 5.97. The van der Waals surface area contributed by atoms with Gasteiger partial charge in [-0.05, 0) is 51.1 Å². The number of rotatable bonds is 8. The molecule has 0 aliphatic rings. The maximum Gasteiger partial charge on any atom is 0.333 e. The van der Waals surface area contributed by atoms with E-state index in [1.807, 2.05) is 27.0 Å². The Morgan fingerprint density at radius 1 is 1.15 bits per heavy atom. The fraction of sp³-hybridized carbons (Fsp3) is 0.320. The van der Waals surface area contributed by atoms with E-state index in [1.54, 1.807) is 62.5 Å². The minimum absolute atomic E-state index is 0.139. The smallest absolute Gasteiger partial charge is 0.333 e. The molecule has 4 rings (SSSR count). The van der Waals surface area contributed by atoms with Crippen LogP contribution in [0.1, 0.15) is 49.7 Å². The van der Waals surface area contributed by atoms with Crippen molar-refractivity contribution in [1.29, 1.82) is 0 Å². The van der Waals surface area contributed by atoms with Crippen molar-refractivity contribution in [2.45, 2.75) is 53.2 Å². The monoisotopic (exact) mass is 465 g/mol. The normalized spacial score (nSPS) is 12.3. The number of fused-ring (bicyclic) bond motifs is 1. The van der Waals surface area contributed by atoms with Gasteiger partial charge in [0.2, 0.25) is 6.36 Å². The molecule has 8 nitrogen and oxygen atoms in total. The van der Waals surface area contributed by atoms with Crippen molar-refractivity contribution in [3.8, 4) is 11.4 Å². The molecule has 0 aliphatic carbocycles. The van der Waals surface area contributed by atoms with E-state index in [9.17, 15) is 14.0 Å². The number of aromatic nitrogens is 4. The number of carbonyl (C=O) groups excluding carboxylic acids is 1. The van der Waals surface area contributed by atoms with Crippen molar-refractivity contribution < 1.29 is 13.9 Å². The lowest BCUT2D eigenvalue weighted by atomic mass is 10.1. The van der Waals surface area contributed by atoms with Crippen LogP contribution in [0.5, 0.6) is 5.75 Å². The fourth-order valence-corrected chi connectivity index (χ4v) is 3.95. The predicted molar refractivity (Wildman–Crippen MR) is 128 cm³/mol. The number of halogens is 1. The van der Waals surface area contributed by atoms with Crippen molar-refractivity contribution in [1.82, 2.24) is 24.2 Å². The van der Waals surface area contributed by atoms with E-state index in [-0.39, 0.29) is 17.6 Å². The number of benzene rings is 2. The van der Waals surface area contributed by atoms with Gasteiger partial charge in [0.15, 0.2) is 0 Å². The molecule has 0 fully saturated rings. The maximum atomic E-state index is 13.4. The minimum atomic E-state index is -1.47. The van der Waals surface area contributed by atoms with Crippen LogP contribution in [-0.2, 0) is 13.1 Å². The molecule has 0 spiro atoms. The quantitative estimate of drug-likeness (QED) is 0.423. The fourth-order valence-electron chi connectivity index (χ4n) is 3.95. The summed E-state index contributed by atoms with van der Waals surface area (Å²) in [6.07, 6.45) is 2.15. The van der Waals surface area contributed by atoms with Gasteiger partial charge in [0.25, 0.3) is 5.91 Å². The number of hydrogen-bond acceptors (Lipinski definition) is 4. The summed E-state index contributed by atoms with van der Waals surface area (Å²) in [6, 6.07) is 11.8. The lowest BCUT2D eigenvalue weighted by molar-refractivity contribution is 0.0860. The third-order valence-corrected chi connectivity index (χ3v) is 5.49. The van der Waals surface area contributed by atoms with Gasteiger partial charge in [0.1, 0.15) is 5.75 Å². The average Bonchev–Trinajstić information content (AvgIpc) is 3.37. The van der Waals surface area contributed by atoms with Gasteiger partial charge >= 0.3 is 5.69 Å². The summed E-state index contributed by atoms with van der Waals surface area (Å²) in [5.74, 6) is 0.0845. The van der Waals surface area contributed by atoms with Crippen LogP contribution in [-0.4, -0.2) is 31.2 Å². The van der Waals surface area contributed by atoms with Crippen LogP contribution in [0.3, 0.4) is 0 Å². The third-order valence-electron chi connectivity index (χ3n) is 5.49. The molecule has 0 aliphatic heterocycles. The number of amides is 1. The van der Waals surface area contributed by atoms with E-state index in [2.05, 4.69) is 10.4 Å². The summed E-state index contributed by atoms with van der Waals surface area (Å²) in [7, 11) is 0. The molecule has 1 N–H and O–H groups in total. The molecule has 4 aromatic rings. The Hall–Kier alpha value is -3.88. The zero-order chi connectivity index (χ0) is 24.4. The molecule has 2 heterocycles. The van der Waals surface area contributed by atoms with Crippen LogP contribution < -0.4 is 15.7 Å². The Morgan fingerprint density at radius 3 is 2.62 bits per heavy atom. The summed E-state index contributed by atoms with van der Waals surface area (Å²) in [5, 5.41) is 7.12. The summed E-state index contributed by atoms with van der Waals surface area (Å²) in [6.45, 7) is 8.23. The first-order valence-electron chi connectivity index (χ1n) is 11.3. The Morgan fingerprint density at radius 2 is 1.94 bits per heavy atom. The van der Waals surface area contributed by atoms with Crippen LogP contribution in [0.25, 0.3) is 16.7 Å². The van der Waals surface area contributed by atoms with Gasteiger partial charge in [-0.15, -0.1) is 0 Å².